The first-order valence-electron chi connectivity index (χ1n) is 8.56. The van der Waals surface area contributed by atoms with Crippen molar-refractivity contribution in [2.45, 2.75) is 70.4 Å². The van der Waals surface area contributed by atoms with Gasteiger partial charge in [-0.1, -0.05) is 12.2 Å². The third-order valence-electron chi connectivity index (χ3n) is 5.23. The molecule has 2 heterocycles. The fourth-order valence-corrected chi connectivity index (χ4v) is 3.01. The van der Waals surface area contributed by atoms with Crippen molar-refractivity contribution >= 4 is 12.6 Å². The van der Waals surface area contributed by atoms with Crippen molar-refractivity contribution in [3.05, 3.63) is 30.2 Å². The summed E-state index contributed by atoms with van der Waals surface area (Å²) in [5, 5.41) is 0. The average Bonchev–Trinajstić information content (AvgIpc) is 2.68. The highest BCUT2D eigenvalue weighted by Crippen LogP contribution is 2.40. The maximum atomic E-state index is 14.3. The molecule has 0 bridgehead atoms. The van der Waals surface area contributed by atoms with Crippen LogP contribution in [-0.2, 0) is 9.31 Å². The summed E-state index contributed by atoms with van der Waals surface area (Å²) in [5.74, 6) is -0.720. The van der Waals surface area contributed by atoms with E-state index in [0.717, 1.165) is 0 Å². The minimum Gasteiger partial charge on any atom is -0.472 e. The van der Waals surface area contributed by atoms with Crippen molar-refractivity contribution in [1.82, 2.24) is 4.98 Å². The zero-order valence-corrected chi connectivity index (χ0v) is 15.3. The molecule has 136 valence electrons. The van der Waals surface area contributed by atoms with Crippen LogP contribution in [0, 0.1) is 5.82 Å². The molecule has 0 amide bonds. The van der Waals surface area contributed by atoms with Gasteiger partial charge >= 0.3 is 7.12 Å². The van der Waals surface area contributed by atoms with Gasteiger partial charge in [0.1, 0.15) is 11.8 Å². The van der Waals surface area contributed by atoms with Crippen LogP contribution in [0.4, 0.5) is 8.78 Å². The molecule has 4 nitrogen and oxygen atoms in total. The van der Waals surface area contributed by atoms with E-state index >= 15 is 0 Å². The van der Waals surface area contributed by atoms with Gasteiger partial charge in [-0.2, -0.15) is 0 Å². The van der Waals surface area contributed by atoms with Crippen molar-refractivity contribution in [3.8, 4) is 5.88 Å². The molecule has 1 saturated carbocycles. The molecule has 0 N–H and O–H groups in total. The standard InChI is InChI=1S/C18H24BF2NO3/c1-6-7-18(21)9-13(10-18)23-15-14(20)8-12(11-22-15)19-24-16(2,3)17(4,5)25-19/h6-8,11,13H,9-10H2,1-5H3/b7-6+. The van der Waals surface area contributed by atoms with Crippen LogP contribution in [0.3, 0.4) is 0 Å². The molecular weight excluding hydrogens is 327 g/mol. The Hall–Kier alpha value is -1.47. The topological polar surface area (TPSA) is 40.6 Å². The predicted molar refractivity (Wildman–Crippen MR) is 92.2 cm³/mol. The maximum absolute atomic E-state index is 14.3. The molecule has 0 aromatic carbocycles. The van der Waals surface area contributed by atoms with Crippen molar-refractivity contribution in [1.29, 1.82) is 0 Å². The third-order valence-corrected chi connectivity index (χ3v) is 5.23. The van der Waals surface area contributed by atoms with E-state index in [1.165, 1.54) is 18.3 Å². The van der Waals surface area contributed by atoms with Crippen LogP contribution in [-0.4, -0.2) is 35.1 Å². The summed E-state index contributed by atoms with van der Waals surface area (Å²) in [6, 6.07) is 1.30. The van der Waals surface area contributed by atoms with E-state index in [0.29, 0.717) is 5.46 Å². The molecule has 1 aliphatic carbocycles. The molecule has 0 unspecified atom stereocenters. The summed E-state index contributed by atoms with van der Waals surface area (Å²) in [6.45, 7) is 9.49. The largest absolute Gasteiger partial charge is 0.496 e. The molecule has 0 atom stereocenters. The van der Waals surface area contributed by atoms with Gasteiger partial charge in [0.2, 0.25) is 0 Å². The quantitative estimate of drug-likeness (QED) is 0.616. The van der Waals surface area contributed by atoms with Crippen molar-refractivity contribution in [3.63, 3.8) is 0 Å². The van der Waals surface area contributed by atoms with Gasteiger partial charge in [-0.3, -0.25) is 0 Å². The molecule has 1 aliphatic heterocycles. The molecule has 1 aromatic rings. The first kappa shape index (κ1) is 18.3. The number of aromatic nitrogens is 1. The Morgan fingerprint density at radius 2 is 1.84 bits per heavy atom. The zero-order chi connectivity index (χ0) is 18.5. The number of nitrogens with zero attached hydrogens (tertiary/aromatic N) is 1. The van der Waals surface area contributed by atoms with Crippen LogP contribution in [0.2, 0.25) is 0 Å². The Morgan fingerprint density at radius 3 is 2.36 bits per heavy atom. The fraction of sp³-hybridized carbons (Fsp3) is 0.611. The number of hydrogen-bond acceptors (Lipinski definition) is 4. The van der Waals surface area contributed by atoms with Gasteiger partial charge in [0.15, 0.2) is 5.82 Å². The van der Waals surface area contributed by atoms with Crippen molar-refractivity contribution in [2.24, 2.45) is 0 Å². The summed E-state index contributed by atoms with van der Waals surface area (Å²) in [6.07, 6.45) is 4.71. The minimum atomic E-state index is -1.35. The number of alkyl halides is 1. The van der Waals surface area contributed by atoms with Gasteiger partial charge in [0, 0.05) is 24.5 Å². The van der Waals surface area contributed by atoms with E-state index in [9.17, 15) is 8.78 Å². The van der Waals surface area contributed by atoms with Crippen LogP contribution in [0.25, 0.3) is 0 Å². The summed E-state index contributed by atoms with van der Waals surface area (Å²) in [7, 11) is -0.682. The summed E-state index contributed by atoms with van der Waals surface area (Å²) in [5.41, 5.74) is -1.87. The summed E-state index contributed by atoms with van der Waals surface area (Å²) >= 11 is 0. The Labute approximate surface area is 147 Å². The Bertz CT molecular complexity index is 671. The second kappa shape index (κ2) is 6.06. The Balaban J connectivity index is 1.67. The monoisotopic (exact) mass is 351 g/mol. The highest BCUT2D eigenvalue weighted by atomic mass is 19.1. The lowest BCUT2D eigenvalue weighted by Gasteiger charge is -2.38. The molecule has 7 heteroatoms. The summed E-state index contributed by atoms with van der Waals surface area (Å²) in [4.78, 5) is 4.04. The zero-order valence-electron chi connectivity index (χ0n) is 15.3. The predicted octanol–water partition coefficient (Wildman–Crippen LogP) is 3.35. The van der Waals surface area contributed by atoms with Crippen LogP contribution < -0.4 is 10.2 Å². The highest BCUT2D eigenvalue weighted by Gasteiger charge is 2.52. The van der Waals surface area contributed by atoms with Gasteiger partial charge in [0.05, 0.1) is 11.2 Å². The maximum Gasteiger partial charge on any atom is 0.496 e. The molecule has 2 fully saturated rings. The van der Waals surface area contributed by atoms with Crippen molar-refractivity contribution < 1.29 is 22.8 Å². The molecule has 25 heavy (non-hydrogen) atoms. The Kier molecular flexibility index (Phi) is 4.44. The van der Waals surface area contributed by atoms with E-state index in [2.05, 4.69) is 4.98 Å². The second-order valence-corrected chi connectivity index (χ2v) is 7.83. The molecule has 1 aromatic heterocycles. The van der Waals surface area contributed by atoms with Crippen molar-refractivity contribution in [2.75, 3.05) is 0 Å². The van der Waals surface area contributed by atoms with E-state index in [-0.39, 0.29) is 24.8 Å². The van der Waals surface area contributed by atoms with E-state index < -0.39 is 29.8 Å². The normalized spacial score (nSPS) is 30.5. The fourth-order valence-electron chi connectivity index (χ4n) is 3.01. The lowest BCUT2D eigenvalue weighted by molar-refractivity contribution is -0.0136. The Morgan fingerprint density at radius 1 is 1.24 bits per heavy atom. The molecule has 0 spiro atoms. The number of ether oxygens (including phenoxy) is 1. The second-order valence-electron chi connectivity index (χ2n) is 7.83. The third kappa shape index (κ3) is 3.44. The van der Waals surface area contributed by atoms with Gasteiger partial charge in [0.25, 0.3) is 5.88 Å². The van der Waals surface area contributed by atoms with Crippen LogP contribution >= 0.6 is 0 Å². The van der Waals surface area contributed by atoms with Crippen LogP contribution in [0.15, 0.2) is 24.4 Å². The molecule has 2 aliphatic rings. The van der Waals surface area contributed by atoms with Crippen LogP contribution in [0.1, 0.15) is 47.5 Å². The number of hydrogen-bond donors (Lipinski definition) is 0. The van der Waals surface area contributed by atoms with Gasteiger partial charge in [-0.05, 0) is 40.7 Å². The first-order chi connectivity index (χ1) is 11.6. The average molecular weight is 351 g/mol. The molecule has 0 radical (unpaired) electrons. The number of rotatable bonds is 4. The van der Waals surface area contributed by atoms with Gasteiger partial charge in [-0.25, -0.2) is 13.8 Å². The van der Waals surface area contributed by atoms with Crippen LogP contribution in [0.5, 0.6) is 5.88 Å². The number of halogens is 2. The summed E-state index contributed by atoms with van der Waals surface area (Å²) < 4.78 is 45.7. The minimum absolute atomic E-state index is 0.118. The lowest BCUT2D eigenvalue weighted by Crippen LogP contribution is -2.45. The van der Waals surface area contributed by atoms with Gasteiger partial charge in [-0.15, -0.1) is 0 Å². The number of pyridine rings is 1. The van der Waals surface area contributed by atoms with E-state index in [1.54, 1.807) is 13.0 Å². The smallest absolute Gasteiger partial charge is 0.472 e. The first-order valence-corrected chi connectivity index (χ1v) is 8.56. The highest BCUT2D eigenvalue weighted by molar-refractivity contribution is 6.62. The molecule has 1 saturated heterocycles. The SMILES string of the molecule is C/C=C/C1(F)CC(Oc2ncc(B3OC(C)(C)C(C)(C)O3)cc2F)C1. The van der Waals surface area contributed by atoms with E-state index in [4.69, 9.17) is 14.0 Å². The molecule has 3 rings (SSSR count). The lowest BCUT2D eigenvalue weighted by atomic mass is 9.79. The van der Waals surface area contributed by atoms with E-state index in [1.807, 2.05) is 27.7 Å². The van der Waals surface area contributed by atoms with Gasteiger partial charge < -0.3 is 14.0 Å². The number of allylic oxidation sites excluding steroid dienone is 2. The molecular formula is C18H24BF2NO3.